The van der Waals surface area contributed by atoms with Crippen LogP contribution in [0.25, 0.3) is 16.3 Å². The molecule has 11 heteroatoms. The summed E-state index contributed by atoms with van der Waals surface area (Å²) >= 11 is 1.06. The van der Waals surface area contributed by atoms with Gasteiger partial charge in [-0.25, -0.2) is 4.39 Å². The zero-order valence-electron chi connectivity index (χ0n) is 16.0. The van der Waals surface area contributed by atoms with Gasteiger partial charge >= 0.3 is 0 Å². The van der Waals surface area contributed by atoms with Crippen molar-refractivity contribution in [2.75, 3.05) is 11.9 Å². The number of carbonyl (C=O) groups is 3. The molecule has 0 unspecified atom stereocenters. The van der Waals surface area contributed by atoms with E-state index >= 15 is 0 Å². The van der Waals surface area contributed by atoms with E-state index in [0.29, 0.717) is 21.9 Å². The number of anilines is 1. The summed E-state index contributed by atoms with van der Waals surface area (Å²) in [5.74, 6) is -1.66. The number of nitrogens with zero attached hydrogens (tertiary/aromatic N) is 5. The number of halogens is 1. The standard InChI is InChI=1S/C20H13FN6O3S/c1-10-6-7-11(8-14(10)21)16-23-24-20-27(16)25-19(31-20)22-15(28)9-26-17(29)12-4-2-3-5-13(12)18(26)30/h2-8H,9H2,1H3,(H,22,25,28). The molecule has 31 heavy (non-hydrogen) atoms. The van der Waals surface area contributed by atoms with Gasteiger partial charge in [0.15, 0.2) is 5.82 Å². The molecule has 0 radical (unpaired) electrons. The number of hydrogen-bond acceptors (Lipinski definition) is 7. The molecule has 4 aromatic rings. The molecule has 0 saturated heterocycles. The average Bonchev–Trinajstić information content (AvgIpc) is 3.39. The number of benzene rings is 2. The van der Waals surface area contributed by atoms with Crippen molar-refractivity contribution in [2.24, 2.45) is 0 Å². The lowest BCUT2D eigenvalue weighted by atomic mass is 10.1. The molecule has 2 aromatic carbocycles. The Bertz CT molecular complexity index is 1360. The van der Waals surface area contributed by atoms with Crippen molar-refractivity contribution >= 4 is 39.2 Å². The van der Waals surface area contributed by atoms with E-state index in [4.69, 9.17) is 0 Å². The minimum Gasteiger partial charge on any atom is -0.299 e. The molecular formula is C20H13FN6O3S. The van der Waals surface area contributed by atoms with E-state index in [1.807, 2.05) is 0 Å². The lowest BCUT2D eigenvalue weighted by Gasteiger charge is -2.12. The van der Waals surface area contributed by atoms with Crippen LogP contribution in [0.3, 0.4) is 0 Å². The number of carbonyl (C=O) groups excluding carboxylic acids is 3. The van der Waals surface area contributed by atoms with E-state index in [2.05, 4.69) is 20.6 Å². The summed E-state index contributed by atoms with van der Waals surface area (Å²) in [5, 5.41) is 15.1. The van der Waals surface area contributed by atoms with Crippen LogP contribution >= 0.6 is 11.3 Å². The van der Waals surface area contributed by atoms with E-state index in [0.717, 1.165) is 16.2 Å². The molecule has 0 bridgehead atoms. The number of imide groups is 1. The second-order valence-electron chi connectivity index (χ2n) is 6.88. The molecule has 0 fully saturated rings. The van der Waals surface area contributed by atoms with Gasteiger partial charge in [0.25, 0.3) is 11.8 Å². The fourth-order valence-electron chi connectivity index (χ4n) is 3.26. The number of fused-ring (bicyclic) bond motifs is 2. The first-order valence-electron chi connectivity index (χ1n) is 9.16. The highest BCUT2D eigenvalue weighted by atomic mass is 32.1. The van der Waals surface area contributed by atoms with Gasteiger partial charge in [-0.1, -0.05) is 35.6 Å². The fraction of sp³-hybridized carbons (Fsp3) is 0.100. The number of rotatable bonds is 4. The van der Waals surface area contributed by atoms with Crippen LogP contribution in [0.4, 0.5) is 9.52 Å². The summed E-state index contributed by atoms with van der Waals surface area (Å²) < 4.78 is 15.3. The number of amides is 3. The second-order valence-corrected chi connectivity index (χ2v) is 7.84. The quantitative estimate of drug-likeness (QED) is 0.493. The largest absolute Gasteiger partial charge is 0.299 e. The summed E-state index contributed by atoms with van der Waals surface area (Å²) in [6.07, 6.45) is 0. The minimum atomic E-state index is -0.581. The molecule has 0 atom stereocenters. The molecule has 2 aromatic heterocycles. The van der Waals surface area contributed by atoms with Crippen LogP contribution in [0.15, 0.2) is 42.5 Å². The summed E-state index contributed by atoms with van der Waals surface area (Å²) in [6.45, 7) is 1.21. The van der Waals surface area contributed by atoms with Crippen molar-refractivity contribution in [1.82, 2.24) is 24.7 Å². The third-order valence-corrected chi connectivity index (χ3v) is 5.66. The third kappa shape index (κ3) is 3.15. The number of hydrogen-bond donors (Lipinski definition) is 1. The molecule has 1 aliphatic heterocycles. The first-order valence-corrected chi connectivity index (χ1v) is 9.98. The molecule has 9 nitrogen and oxygen atoms in total. The molecule has 5 rings (SSSR count). The van der Waals surface area contributed by atoms with Gasteiger partial charge in [0.2, 0.25) is 16.0 Å². The zero-order chi connectivity index (χ0) is 21.7. The maximum Gasteiger partial charge on any atom is 0.262 e. The van der Waals surface area contributed by atoms with Crippen LogP contribution in [0.2, 0.25) is 0 Å². The lowest BCUT2D eigenvalue weighted by molar-refractivity contribution is -0.116. The van der Waals surface area contributed by atoms with Crippen LogP contribution in [-0.2, 0) is 4.79 Å². The summed E-state index contributed by atoms with van der Waals surface area (Å²) in [6, 6.07) is 11.1. The molecule has 0 spiro atoms. The van der Waals surface area contributed by atoms with Crippen LogP contribution in [0, 0.1) is 12.7 Å². The maximum absolute atomic E-state index is 13.9. The molecule has 0 aliphatic carbocycles. The summed E-state index contributed by atoms with van der Waals surface area (Å²) in [5.41, 5.74) is 1.54. The van der Waals surface area contributed by atoms with E-state index in [1.54, 1.807) is 43.3 Å². The van der Waals surface area contributed by atoms with Gasteiger partial charge < -0.3 is 0 Å². The monoisotopic (exact) mass is 436 g/mol. The van der Waals surface area contributed by atoms with Gasteiger partial charge in [0.1, 0.15) is 12.4 Å². The third-order valence-electron chi connectivity index (χ3n) is 4.85. The van der Waals surface area contributed by atoms with Crippen molar-refractivity contribution in [3.05, 3.63) is 65.0 Å². The number of aromatic nitrogens is 4. The summed E-state index contributed by atoms with van der Waals surface area (Å²) in [4.78, 5) is 38.6. The van der Waals surface area contributed by atoms with Gasteiger partial charge in [-0.15, -0.1) is 15.3 Å². The Balaban J connectivity index is 1.35. The molecule has 3 amide bonds. The van der Waals surface area contributed by atoms with Gasteiger partial charge in [0, 0.05) is 5.56 Å². The number of nitrogens with one attached hydrogen (secondary N) is 1. The van der Waals surface area contributed by atoms with Crippen LogP contribution in [0.1, 0.15) is 26.3 Å². The van der Waals surface area contributed by atoms with E-state index in [9.17, 15) is 18.8 Å². The van der Waals surface area contributed by atoms with E-state index in [1.165, 1.54) is 10.6 Å². The highest BCUT2D eigenvalue weighted by Crippen LogP contribution is 2.26. The predicted molar refractivity (Wildman–Crippen MR) is 109 cm³/mol. The number of aryl methyl sites for hydroxylation is 1. The van der Waals surface area contributed by atoms with Gasteiger partial charge in [-0.2, -0.15) is 4.52 Å². The summed E-state index contributed by atoms with van der Waals surface area (Å²) in [7, 11) is 0. The highest BCUT2D eigenvalue weighted by molar-refractivity contribution is 7.20. The molecule has 154 valence electrons. The maximum atomic E-state index is 13.9. The normalized spacial score (nSPS) is 13.2. The van der Waals surface area contributed by atoms with Crippen LogP contribution < -0.4 is 5.32 Å². The van der Waals surface area contributed by atoms with Crippen LogP contribution in [-0.4, -0.2) is 49.0 Å². The van der Waals surface area contributed by atoms with Gasteiger partial charge in [-0.05, 0) is 30.7 Å². The Labute approximate surface area is 178 Å². The molecule has 0 saturated carbocycles. The predicted octanol–water partition coefficient (Wildman–Crippen LogP) is 2.54. The van der Waals surface area contributed by atoms with Crippen LogP contribution in [0.5, 0.6) is 0 Å². The highest BCUT2D eigenvalue weighted by Gasteiger charge is 2.36. The van der Waals surface area contributed by atoms with E-state index in [-0.39, 0.29) is 22.1 Å². The molecular weight excluding hydrogens is 423 g/mol. The second kappa shape index (κ2) is 7.06. The Morgan fingerprint density at radius 3 is 2.48 bits per heavy atom. The smallest absolute Gasteiger partial charge is 0.262 e. The van der Waals surface area contributed by atoms with Crippen molar-refractivity contribution < 1.29 is 18.8 Å². The first-order chi connectivity index (χ1) is 14.9. The van der Waals surface area contributed by atoms with Crippen molar-refractivity contribution in [2.45, 2.75) is 6.92 Å². The minimum absolute atomic E-state index is 0.209. The molecule has 1 N–H and O–H groups in total. The van der Waals surface area contributed by atoms with Crippen molar-refractivity contribution in [3.8, 4) is 11.4 Å². The topological polar surface area (TPSA) is 110 Å². The Morgan fingerprint density at radius 1 is 1.10 bits per heavy atom. The molecule has 1 aliphatic rings. The van der Waals surface area contributed by atoms with Crippen molar-refractivity contribution in [3.63, 3.8) is 0 Å². The van der Waals surface area contributed by atoms with Gasteiger partial charge in [-0.3, -0.25) is 24.6 Å². The Kier molecular flexibility index (Phi) is 4.33. The Hall–Kier alpha value is -3.99. The fourth-order valence-corrected chi connectivity index (χ4v) is 4.02. The lowest BCUT2D eigenvalue weighted by Crippen LogP contribution is -2.37. The van der Waals surface area contributed by atoms with E-state index < -0.39 is 24.3 Å². The Morgan fingerprint density at radius 2 is 1.81 bits per heavy atom. The van der Waals surface area contributed by atoms with Gasteiger partial charge in [0.05, 0.1) is 11.1 Å². The first kappa shape index (κ1) is 19.0. The zero-order valence-corrected chi connectivity index (χ0v) is 16.8. The average molecular weight is 436 g/mol. The van der Waals surface area contributed by atoms with Crippen molar-refractivity contribution in [1.29, 1.82) is 0 Å². The SMILES string of the molecule is Cc1ccc(-c2nnc3sc(NC(=O)CN4C(=O)c5ccccc5C4=O)nn23)cc1F. The molecule has 3 heterocycles.